The number of urea groups is 1. The lowest BCUT2D eigenvalue weighted by Gasteiger charge is -2.19. The van der Waals surface area contributed by atoms with Gasteiger partial charge in [-0.25, -0.2) is 14.5 Å². The van der Waals surface area contributed by atoms with Gasteiger partial charge in [0.05, 0.1) is 6.61 Å². The van der Waals surface area contributed by atoms with Crippen molar-refractivity contribution in [2.45, 2.75) is 13.8 Å². The maximum absolute atomic E-state index is 11.3. The average Bonchev–Trinajstić information content (AvgIpc) is 2.14. The molecule has 82 valence electrons. The highest BCUT2D eigenvalue weighted by Crippen LogP contribution is 1.94. The quantitative estimate of drug-likeness (QED) is 0.680. The molecule has 3 amide bonds. The Balaban J connectivity index is 4.25. The minimum absolute atomic E-state index is 0.157. The molecule has 0 aliphatic heterocycles. The van der Waals surface area contributed by atoms with Crippen LogP contribution >= 0.6 is 0 Å². The van der Waals surface area contributed by atoms with Gasteiger partial charge in [0.25, 0.3) is 0 Å². The number of nitrogens with one attached hydrogen (secondary N) is 1. The molecule has 0 rings (SSSR count). The van der Waals surface area contributed by atoms with E-state index in [4.69, 9.17) is 10.5 Å². The van der Waals surface area contributed by atoms with Gasteiger partial charge in [-0.2, -0.15) is 0 Å². The van der Waals surface area contributed by atoms with Crippen LogP contribution in [0.1, 0.15) is 13.8 Å². The van der Waals surface area contributed by atoms with Crippen LogP contribution in [0.3, 0.4) is 0 Å². The smallest absolute Gasteiger partial charge is 0.418 e. The summed E-state index contributed by atoms with van der Waals surface area (Å²) in [6.45, 7) is 4.51. The molecule has 0 aliphatic rings. The van der Waals surface area contributed by atoms with E-state index < -0.39 is 12.1 Å². The predicted octanol–water partition coefficient (Wildman–Crippen LogP) is 0.133. The molecule has 0 fully saturated rings. The van der Waals surface area contributed by atoms with Crippen LogP contribution in [0, 0.1) is 0 Å². The third-order valence-corrected chi connectivity index (χ3v) is 1.41. The fourth-order valence-electron chi connectivity index (χ4n) is 0.853. The fourth-order valence-corrected chi connectivity index (χ4v) is 0.853. The second-order valence-corrected chi connectivity index (χ2v) is 2.47. The van der Waals surface area contributed by atoms with Gasteiger partial charge in [0.2, 0.25) is 0 Å². The summed E-state index contributed by atoms with van der Waals surface area (Å²) in [6, 6.07) is -0.476. The van der Waals surface area contributed by atoms with E-state index in [1.54, 1.807) is 13.8 Å². The molecule has 14 heavy (non-hydrogen) atoms. The monoisotopic (exact) mass is 203 g/mol. The van der Waals surface area contributed by atoms with Crippen molar-refractivity contribution in [2.24, 2.45) is 5.73 Å². The Bertz CT molecular complexity index is 178. The number of nitrogens with two attached hydrogens (primary N) is 1. The Kier molecular flexibility index (Phi) is 6.47. The minimum Gasteiger partial charge on any atom is -0.449 e. The van der Waals surface area contributed by atoms with Gasteiger partial charge in [0.1, 0.15) is 0 Å². The zero-order valence-corrected chi connectivity index (χ0v) is 8.58. The number of carbonyl (C=O) groups excluding carboxylic acids is 2. The Labute approximate surface area is 83.4 Å². The van der Waals surface area contributed by atoms with Crippen LogP contribution in [-0.2, 0) is 4.74 Å². The molecule has 0 heterocycles. The summed E-state index contributed by atoms with van der Waals surface area (Å²) in [5, 5.41) is 2.50. The van der Waals surface area contributed by atoms with E-state index in [1.165, 1.54) is 0 Å². The number of hydrogen-bond donors (Lipinski definition) is 2. The van der Waals surface area contributed by atoms with Crippen LogP contribution in [0.25, 0.3) is 0 Å². The molecule has 0 atom stereocenters. The Morgan fingerprint density at radius 1 is 1.43 bits per heavy atom. The molecule has 6 heteroatoms. The predicted molar refractivity (Wildman–Crippen MR) is 51.9 cm³/mol. The fraction of sp³-hybridized carbons (Fsp3) is 0.750. The number of imide groups is 1. The van der Waals surface area contributed by atoms with Crippen molar-refractivity contribution in [3.63, 3.8) is 0 Å². The summed E-state index contributed by atoms with van der Waals surface area (Å²) < 4.78 is 4.69. The molecule has 0 aliphatic carbocycles. The molecule has 0 unspecified atom stereocenters. The maximum Gasteiger partial charge on any atom is 0.418 e. The van der Waals surface area contributed by atoms with Crippen LogP contribution in [0.15, 0.2) is 0 Å². The normalized spacial score (nSPS) is 9.36. The minimum atomic E-state index is -0.663. The molecule has 0 aromatic carbocycles. The van der Waals surface area contributed by atoms with E-state index >= 15 is 0 Å². The van der Waals surface area contributed by atoms with Gasteiger partial charge < -0.3 is 15.8 Å². The lowest BCUT2D eigenvalue weighted by Crippen LogP contribution is -2.46. The molecule has 0 radical (unpaired) electrons. The van der Waals surface area contributed by atoms with Crippen LogP contribution in [0.2, 0.25) is 0 Å². The van der Waals surface area contributed by atoms with Gasteiger partial charge in [-0.05, 0) is 13.8 Å². The van der Waals surface area contributed by atoms with Gasteiger partial charge >= 0.3 is 12.1 Å². The van der Waals surface area contributed by atoms with Gasteiger partial charge in [-0.15, -0.1) is 0 Å². The SMILES string of the molecule is CCNC(=O)N(CCN)C(=O)OCC. The number of hydrogen-bond acceptors (Lipinski definition) is 4. The Morgan fingerprint density at radius 2 is 2.07 bits per heavy atom. The first-order valence-corrected chi connectivity index (χ1v) is 4.59. The van der Waals surface area contributed by atoms with Crippen LogP contribution < -0.4 is 11.1 Å². The van der Waals surface area contributed by atoms with Crippen molar-refractivity contribution in [1.29, 1.82) is 0 Å². The molecule has 0 bridgehead atoms. The van der Waals surface area contributed by atoms with E-state index in [9.17, 15) is 9.59 Å². The van der Waals surface area contributed by atoms with E-state index in [2.05, 4.69) is 5.32 Å². The van der Waals surface area contributed by atoms with Crippen LogP contribution in [0.5, 0.6) is 0 Å². The highest BCUT2D eigenvalue weighted by molar-refractivity contribution is 5.90. The lowest BCUT2D eigenvalue weighted by molar-refractivity contribution is 0.115. The standard InChI is InChI=1S/C8H17N3O3/c1-3-10-7(12)11(6-5-9)8(13)14-4-2/h3-6,9H2,1-2H3,(H,10,12). The molecule has 0 aromatic rings. The lowest BCUT2D eigenvalue weighted by atomic mass is 10.5. The van der Waals surface area contributed by atoms with Crippen molar-refractivity contribution < 1.29 is 14.3 Å². The van der Waals surface area contributed by atoms with E-state index in [0.717, 1.165) is 4.90 Å². The van der Waals surface area contributed by atoms with E-state index in [1.807, 2.05) is 0 Å². The highest BCUT2D eigenvalue weighted by Gasteiger charge is 2.20. The first kappa shape index (κ1) is 12.7. The summed E-state index contributed by atoms with van der Waals surface area (Å²) in [4.78, 5) is 23.5. The third-order valence-electron chi connectivity index (χ3n) is 1.41. The molecule has 6 nitrogen and oxygen atoms in total. The van der Waals surface area contributed by atoms with Crippen molar-refractivity contribution in [2.75, 3.05) is 26.2 Å². The summed E-state index contributed by atoms with van der Waals surface area (Å²) in [6.07, 6.45) is -0.663. The largest absolute Gasteiger partial charge is 0.449 e. The number of rotatable bonds is 4. The molecular formula is C8H17N3O3. The molecular weight excluding hydrogens is 186 g/mol. The zero-order valence-electron chi connectivity index (χ0n) is 8.58. The van der Waals surface area contributed by atoms with Gasteiger partial charge in [0.15, 0.2) is 0 Å². The number of ether oxygens (including phenoxy) is 1. The topological polar surface area (TPSA) is 84.7 Å². The summed E-state index contributed by atoms with van der Waals surface area (Å²) >= 11 is 0. The first-order valence-electron chi connectivity index (χ1n) is 4.59. The molecule has 0 saturated heterocycles. The van der Waals surface area contributed by atoms with Crippen molar-refractivity contribution >= 4 is 12.1 Å². The number of carbonyl (C=O) groups is 2. The van der Waals surface area contributed by atoms with Gasteiger partial charge in [0, 0.05) is 19.6 Å². The molecule has 3 N–H and O–H groups in total. The second-order valence-electron chi connectivity index (χ2n) is 2.47. The molecule has 0 saturated carbocycles. The second kappa shape index (κ2) is 7.14. The Hall–Kier alpha value is -1.30. The van der Waals surface area contributed by atoms with Gasteiger partial charge in [-0.3, -0.25) is 0 Å². The van der Waals surface area contributed by atoms with E-state index in [0.29, 0.717) is 6.54 Å². The third kappa shape index (κ3) is 4.08. The van der Waals surface area contributed by atoms with E-state index in [-0.39, 0.29) is 19.7 Å². The summed E-state index contributed by atoms with van der Waals surface area (Å²) in [7, 11) is 0. The van der Waals surface area contributed by atoms with Crippen LogP contribution in [-0.4, -0.2) is 43.3 Å². The van der Waals surface area contributed by atoms with Crippen LogP contribution in [0.4, 0.5) is 9.59 Å². The number of nitrogens with zero attached hydrogens (tertiary/aromatic N) is 1. The first-order chi connectivity index (χ1) is 6.67. The Morgan fingerprint density at radius 3 is 2.50 bits per heavy atom. The summed E-state index contributed by atoms with van der Waals surface area (Å²) in [5.41, 5.74) is 5.27. The maximum atomic E-state index is 11.3. The molecule has 0 aromatic heterocycles. The highest BCUT2D eigenvalue weighted by atomic mass is 16.6. The van der Waals surface area contributed by atoms with Crippen molar-refractivity contribution in [3.8, 4) is 0 Å². The summed E-state index contributed by atoms with van der Waals surface area (Å²) in [5.74, 6) is 0. The molecule has 0 spiro atoms. The number of amides is 3. The average molecular weight is 203 g/mol. The van der Waals surface area contributed by atoms with Gasteiger partial charge in [-0.1, -0.05) is 0 Å². The zero-order chi connectivity index (χ0) is 11.0. The van der Waals surface area contributed by atoms with Crippen molar-refractivity contribution in [3.05, 3.63) is 0 Å². The van der Waals surface area contributed by atoms with Crippen molar-refractivity contribution in [1.82, 2.24) is 10.2 Å².